The van der Waals surface area contributed by atoms with Gasteiger partial charge in [-0.1, -0.05) is 11.6 Å². The number of nitrogen functional groups attached to an aromatic ring is 1. The van der Waals surface area contributed by atoms with Gasteiger partial charge in [-0.3, -0.25) is 0 Å². The van der Waals surface area contributed by atoms with E-state index in [4.69, 9.17) is 22.1 Å². The molecule has 54 valence electrons. The topological polar surface area (TPSA) is 48.1 Å². The molecule has 0 aliphatic heterocycles. The van der Waals surface area contributed by atoms with Crippen molar-refractivity contribution in [3.63, 3.8) is 0 Å². The molecule has 1 heterocycles. The molecule has 1 aromatic heterocycles. The van der Waals surface area contributed by atoms with Gasteiger partial charge in [-0.25, -0.2) is 0 Å². The lowest BCUT2D eigenvalue weighted by Crippen LogP contribution is -1.92. The number of aromatic nitrogens is 1. The third-order valence-corrected chi connectivity index (χ3v) is 1.21. The smallest absolute Gasteiger partial charge is 0.216 e. The lowest BCUT2D eigenvalue weighted by atomic mass is 10.4. The van der Waals surface area contributed by atoms with E-state index < -0.39 is 0 Å². The quantitative estimate of drug-likeness (QED) is 0.671. The fourth-order valence-electron chi connectivity index (χ4n) is 0.597. The van der Waals surface area contributed by atoms with E-state index in [9.17, 15) is 0 Å². The largest absolute Gasteiger partial charge is 0.481 e. The maximum atomic E-state index is 5.63. The molecule has 4 heteroatoms. The van der Waals surface area contributed by atoms with Crippen LogP contribution in [-0.4, -0.2) is 12.1 Å². The lowest BCUT2D eigenvalue weighted by molar-refractivity contribution is 0.398. The third-order valence-electron chi connectivity index (χ3n) is 0.996. The summed E-state index contributed by atoms with van der Waals surface area (Å²) in [6.45, 7) is 0. The molecule has 0 bridgehead atoms. The number of rotatable bonds is 1. The van der Waals surface area contributed by atoms with Crippen LogP contribution in [0.3, 0.4) is 0 Å². The standard InChI is InChI=1S/C6H7ClN2O/c1-10-6-3-4(7)2-5(8)9-6/h2-3H,1H3,(H2,8,9). The Labute approximate surface area is 63.8 Å². The van der Waals surface area contributed by atoms with E-state index in [2.05, 4.69) is 4.98 Å². The Balaban J connectivity index is 3.06. The van der Waals surface area contributed by atoms with Crippen LogP contribution in [0.15, 0.2) is 12.1 Å². The Morgan fingerprint density at radius 3 is 2.80 bits per heavy atom. The highest BCUT2D eigenvalue weighted by molar-refractivity contribution is 6.30. The molecule has 0 spiro atoms. The summed E-state index contributed by atoms with van der Waals surface area (Å²) in [6.07, 6.45) is 0. The number of ether oxygens (including phenoxy) is 1. The molecule has 0 aromatic carbocycles. The van der Waals surface area contributed by atoms with Crippen molar-refractivity contribution in [3.8, 4) is 5.88 Å². The van der Waals surface area contributed by atoms with Crippen molar-refractivity contribution in [2.24, 2.45) is 0 Å². The fourth-order valence-corrected chi connectivity index (χ4v) is 0.802. The van der Waals surface area contributed by atoms with Gasteiger partial charge in [0.2, 0.25) is 5.88 Å². The lowest BCUT2D eigenvalue weighted by Gasteiger charge is -1.99. The van der Waals surface area contributed by atoms with E-state index in [0.717, 1.165) is 0 Å². The molecule has 1 aromatic rings. The van der Waals surface area contributed by atoms with Gasteiger partial charge >= 0.3 is 0 Å². The number of hydrogen-bond donors (Lipinski definition) is 1. The maximum Gasteiger partial charge on any atom is 0.216 e. The molecule has 0 saturated heterocycles. The molecule has 0 unspecified atom stereocenters. The molecule has 0 saturated carbocycles. The highest BCUT2D eigenvalue weighted by atomic mass is 35.5. The van der Waals surface area contributed by atoms with Gasteiger partial charge < -0.3 is 10.5 Å². The van der Waals surface area contributed by atoms with Crippen LogP contribution in [-0.2, 0) is 0 Å². The Kier molecular flexibility index (Phi) is 1.97. The first-order valence-corrected chi connectivity index (χ1v) is 3.07. The first kappa shape index (κ1) is 7.15. The van der Waals surface area contributed by atoms with Crippen LogP contribution >= 0.6 is 11.6 Å². The summed E-state index contributed by atoms with van der Waals surface area (Å²) in [6, 6.07) is 3.15. The number of halogens is 1. The third kappa shape index (κ3) is 1.51. The summed E-state index contributed by atoms with van der Waals surface area (Å²) >= 11 is 5.63. The van der Waals surface area contributed by atoms with E-state index in [0.29, 0.717) is 16.7 Å². The highest BCUT2D eigenvalue weighted by Crippen LogP contribution is 2.17. The summed E-state index contributed by atoms with van der Waals surface area (Å²) in [5.74, 6) is 0.800. The van der Waals surface area contributed by atoms with Crippen LogP contribution in [0, 0.1) is 0 Å². The predicted octanol–water partition coefficient (Wildman–Crippen LogP) is 1.33. The molecule has 0 radical (unpaired) electrons. The molecule has 2 N–H and O–H groups in total. The van der Waals surface area contributed by atoms with Gasteiger partial charge in [-0.15, -0.1) is 0 Å². The van der Waals surface area contributed by atoms with Crippen LogP contribution in [0.1, 0.15) is 0 Å². The van der Waals surface area contributed by atoms with Crippen molar-refractivity contribution < 1.29 is 4.74 Å². The van der Waals surface area contributed by atoms with E-state index in [1.807, 2.05) is 0 Å². The van der Waals surface area contributed by atoms with Crippen molar-refractivity contribution in [2.45, 2.75) is 0 Å². The molecular weight excluding hydrogens is 152 g/mol. The van der Waals surface area contributed by atoms with E-state index in [1.165, 1.54) is 7.11 Å². The first-order valence-electron chi connectivity index (χ1n) is 2.69. The molecule has 0 amide bonds. The maximum absolute atomic E-state index is 5.63. The number of methoxy groups -OCH3 is 1. The number of nitrogens with zero attached hydrogens (tertiary/aromatic N) is 1. The minimum atomic E-state index is 0.365. The van der Waals surface area contributed by atoms with Gasteiger partial charge in [0.25, 0.3) is 0 Å². The number of nitrogens with two attached hydrogens (primary N) is 1. The second kappa shape index (κ2) is 2.75. The normalized spacial score (nSPS) is 9.40. The van der Waals surface area contributed by atoms with Gasteiger partial charge in [0.05, 0.1) is 7.11 Å². The van der Waals surface area contributed by atoms with E-state index in [-0.39, 0.29) is 0 Å². The molecule has 3 nitrogen and oxygen atoms in total. The van der Waals surface area contributed by atoms with Gasteiger partial charge in [0, 0.05) is 11.1 Å². The minimum Gasteiger partial charge on any atom is -0.481 e. The van der Waals surface area contributed by atoms with Crippen LogP contribution in [0.4, 0.5) is 5.82 Å². The molecule has 0 aliphatic rings. The predicted molar refractivity (Wildman–Crippen MR) is 40.2 cm³/mol. The van der Waals surface area contributed by atoms with Crippen LogP contribution in [0.5, 0.6) is 5.88 Å². The second-order valence-electron chi connectivity index (χ2n) is 1.75. The Morgan fingerprint density at radius 1 is 1.60 bits per heavy atom. The van der Waals surface area contributed by atoms with Crippen LogP contribution < -0.4 is 10.5 Å². The molecular formula is C6H7ClN2O. The summed E-state index contributed by atoms with van der Waals surface area (Å²) in [7, 11) is 1.51. The zero-order valence-corrected chi connectivity index (χ0v) is 6.22. The minimum absolute atomic E-state index is 0.365. The number of hydrogen-bond acceptors (Lipinski definition) is 3. The van der Waals surface area contributed by atoms with Gasteiger partial charge in [0.1, 0.15) is 5.82 Å². The van der Waals surface area contributed by atoms with Crippen molar-refractivity contribution in [3.05, 3.63) is 17.2 Å². The Hall–Kier alpha value is -0.960. The zero-order chi connectivity index (χ0) is 7.56. The van der Waals surface area contributed by atoms with Crippen LogP contribution in [0.25, 0.3) is 0 Å². The van der Waals surface area contributed by atoms with E-state index >= 15 is 0 Å². The summed E-state index contributed by atoms with van der Waals surface area (Å²) in [4.78, 5) is 3.82. The SMILES string of the molecule is COc1cc(Cl)cc(N)n1. The van der Waals surface area contributed by atoms with Crippen LogP contribution in [0.2, 0.25) is 5.02 Å². The average molecular weight is 159 g/mol. The second-order valence-corrected chi connectivity index (χ2v) is 2.19. The summed E-state index contributed by atoms with van der Waals surface area (Å²) in [5.41, 5.74) is 5.36. The molecule has 0 fully saturated rings. The Bertz CT molecular complexity index is 219. The van der Waals surface area contributed by atoms with Gasteiger partial charge in [-0.2, -0.15) is 4.98 Å². The zero-order valence-electron chi connectivity index (χ0n) is 5.47. The average Bonchev–Trinajstić information content (AvgIpc) is 1.85. The molecule has 0 aliphatic carbocycles. The number of pyridine rings is 1. The first-order chi connectivity index (χ1) is 4.72. The van der Waals surface area contributed by atoms with Gasteiger partial charge in [0.15, 0.2) is 0 Å². The molecule has 10 heavy (non-hydrogen) atoms. The molecule has 0 atom stereocenters. The monoisotopic (exact) mass is 158 g/mol. The van der Waals surface area contributed by atoms with Crippen molar-refractivity contribution in [2.75, 3.05) is 12.8 Å². The van der Waals surface area contributed by atoms with Crippen molar-refractivity contribution >= 4 is 17.4 Å². The summed E-state index contributed by atoms with van der Waals surface area (Å²) in [5, 5.41) is 0.532. The van der Waals surface area contributed by atoms with Crippen molar-refractivity contribution in [1.29, 1.82) is 0 Å². The fraction of sp³-hybridized carbons (Fsp3) is 0.167. The Morgan fingerprint density at radius 2 is 2.30 bits per heavy atom. The summed E-state index contributed by atoms with van der Waals surface area (Å²) < 4.78 is 4.80. The van der Waals surface area contributed by atoms with Gasteiger partial charge in [-0.05, 0) is 6.07 Å². The van der Waals surface area contributed by atoms with E-state index in [1.54, 1.807) is 12.1 Å². The highest BCUT2D eigenvalue weighted by Gasteiger charge is 1.96. The molecule has 1 rings (SSSR count). The van der Waals surface area contributed by atoms with Crippen molar-refractivity contribution in [1.82, 2.24) is 4.98 Å². The number of anilines is 1.